The summed E-state index contributed by atoms with van der Waals surface area (Å²) in [6.45, 7) is 1.60. The molecule has 0 aromatic heterocycles. The fraction of sp³-hybridized carbons (Fsp3) is 0.294. The smallest absolute Gasteiger partial charge is 0.333 e. The lowest BCUT2D eigenvalue weighted by Gasteiger charge is -2.27. The van der Waals surface area contributed by atoms with Crippen molar-refractivity contribution in [1.82, 2.24) is 0 Å². The van der Waals surface area contributed by atoms with Gasteiger partial charge in [-0.15, -0.1) is 9.05 Å². The summed E-state index contributed by atoms with van der Waals surface area (Å²) in [6, 6.07) is 35.9. The monoisotopic (exact) mass is 668 g/mol. The van der Waals surface area contributed by atoms with Crippen molar-refractivity contribution in [2.75, 3.05) is 0 Å². The van der Waals surface area contributed by atoms with Crippen LogP contribution in [0.25, 0.3) is 0 Å². The number of rotatable bonds is 18. The van der Waals surface area contributed by atoms with Crippen LogP contribution in [0.5, 0.6) is 0 Å². The zero-order valence-corrected chi connectivity index (χ0v) is 27.8. The third-order valence-corrected chi connectivity index (χ3v) is 13.4. The molecule has 4 aromatic rings. The van der Waals surface area contributed by atoms with E-state index in [1.165, 1.54) is 0 Å². The van der Waals surface area contributed by atoms with E-state index in [0.29, 0.717) is 24.0 Å². The molecule has 0 aliphatic rings. The quantitative estimate of drug-likeness (QED) is 0.101. The Morgan fingerprint density at radius 3 is 1.71 bits per heavy atom. The van der Waals surface area contributed by atoms with Gasteiger partial charge in [-0.2, -0.15) is 0 Å². The molecule has 2 N–H and O–H groups in total. The minimum Gasteiger partial charge on any atom is -0.333 e. The highest BCUT2D eigenvalue weighted by Gasteiger charge is 2.77. The molecule has 0 aliphatic carbocycles. The minimum absolute atomic E-state index is 0.0185. The standard InChI is InChI=1S/C34H38O8P3/c1-2-3-24-33(43(36)40-26-29-18-10-5-11-19-29)34(35,44(37)41-27-30-20-12-6-13-21-30)45(38,39)42-32(31-22-14-7-15-23-31)25-28-16-8-4-9-17-28/h4-23,32-33,35H,2-3,24-27H2,1H3/q+1/p+1. The van der Waals surface area contributed by atoms with Gasteiger partial charge in [-0.1, -0.05) is 135 Å². The van der Waals surface area contributed by atoms with Crippen LogP contribution in [0.2, 0.25) is 0 Å². The van der Waals surface area contributed by atoms with Gasteiger partial charge >= 0.3 is 28.7 Å². The van der Waals surface area contributed by atoms with Crippen molar-refractivity contribution in [1.29, 1.82) is 0 Å². The van der Waals surface area contributed by atoms with E-state index < -0.39 is 40.5 Å². The van der Waals surface area contributed by atoms with Crippen LogP contribution in [0, 0.1) is 0 Å². The van der Waals surface area contributed by atoms with Crippen molar-refractivity contribution < 1.29 is 37.3 Å². The molecule has 6 atom stereocenters. The Labute approximate surface area is 266 Å². The van der Waals surface area contributed by atoms with Gasteiger partial charge in [0.05, 0.1) is 6.10 Å². The lowest BCUT2D eigenvalue weighted by molar-refractivity contribution is 0.0936. The van der Waals surface area contributed by atoms with Gasteiger partial charge in [-0.25, -0.2) is 0 Å². The highest BCUT2D eigenvalue weighted by atomic mass is 31.2. The maximum Gasteiger partial charge on any atom is 0.563 e. The molecule has 0 spiro atoms. The van der Waals surface area contributed by atoms with Gasteiger partial charge in [0.1, 0.15) is 13.2 Å². The molecule has 236 valence electrons. The van der Waals surface area contributed by atoms with Gasteiger partial charge in [0.25, 0.3) is 5.66 Å². The number of benzene rings is 4. The Morgan fingerprint density at radius 2 is 1.20 bits per heavy atom. The summed E-state index contributed by atoms with van der Waals surface area (Å²) in [7, 11) is -11.5. The Morgan fingerprint density at radius 1 is 0.733 bits per heavy atom. The van der Waals surface area contributed by atoms with Crippen molar-refractivity contribution in [3.63, 3.8) is 0 Å². The highest BCUT2D eigenvalue weighted by Crippen LogP contribution is 2.72. The molecule has 45 heavy (non-hydrogen) atoms. The van der Waals surface area contributed by atoms with E-state index in [4.69, 9.17) is 13.6 Å². The second-order valence-electron chi connectivity index (χ2n) is 10.6. The van der Waals surface area contributed by atoms with Crippen LogP contribution in [-0.2, 0) is 46.9 Å². The molecule has 0 saturated heterocycles. The summed E-state index contributed by atoms with van der Waals surface area (Å²) < 4.78 is 59.6. The molecule has 6 unspecified atom stereocenters. The fourth-order valence-corrected chi connectivity index (χ4v) is 10.4. The van der Waals surface area contributed by atoms with Crippen molar-refractivity contribution in [2.24, 2.45) is 0 Å². The van der Waals surface area contributed by atoms with Gasteiger partial charge in [0.15, 0.2) is 0 Å². The summed E-state index contributed by atoms with van der Waals surface area (Å²) in [4.78, 5) is 11.8. The van der Waals surface area contributed by atoms with E-state index in [-0.39, 0.29) is 26.1 Å². The van der Waals surface area contributed by atoms with Crippen LogP contribution in [0.4, 0.5) is 0 Å². The van der Waals surface area contributed by atoms with Crippen LogP contribution in [0.1, 0.15) is 54.5 Å². The second-order valence-corrected chi connectivity index (χ2v) is 15.8. The SMILES string of the molecule is CCCCC([P+](=O)OCc1ccccc1)C(O)([P+](=O)OCc1ccccc1)P(=O)(O)OC(Cc1ccccc1)c1ccccc1. The van der Waals surface area contributed by atoms with E-state index in [2.05, 4.69) is 0 Å². The maximum absolute atomic E-state index is 14.5. The van der Waals surface area contributed by atoms with Crippen molar-refractivity contribution in [3.8, 4) is 0 Å². The lowest BCUT2D eigenvalue weighted by Crippen LogP contribution is -2.38. The van der Waals surface area contributed by atoms with Gasteiger partial charge < -0.3 is 10.00 Å². The Kier molecular flexibility index (Phi) is 13.3. The van der Waals surface area contributed by atoms with Gasteiger partial charge in [0, 0.05) is 12.8 Å². The van der Waals surface area contributed by atoms with Crippen molar-refractivity contribution in [2.45, 2.75) is 62.7 Å². The van der Waals surface area contributed by atoms with E-state index in [1.54, 1.807) is 72.8 Å². The number of aliphatic hydroxyl groups is 1. The van der Waals surface area contributed by atoms with Crippen LogP contribution in [-0.4, -0.2) is 20.7 Å². The molecule has 0 amide bonds. The van der Waals surface area contributed by atoms with E-state index in [1.807, 2.05) is 55.5 Å². The molecular formula is C34H39O8P3+2. The maximum atomic E-state index is 14.5. The molecule has 4 aromatic carbocycles. The predicted octanol–water partition coefficient (Wildman–Crippen LogP) is 9.30. The molecule has 0 fully saturated rings. The Balaban J connectivity index is 1.72. The number of hydrogen-bond acceptors (Lipinski definition) is 7. The molecule has 11 heteroatoms. The predicted molar refractivity (Wildman–Crippen MR) is 176 cm³/mol. The number of unbranched alkanes of at least 4 members (excludes halogenated alkanes) is 1. The van der Waals surface area contributed by atoms with Gasteiger partial charge in [0.2, 0.25) is 0 Å². The summed E-state index contributed by atoms with van der Waals surface area (Å²) >= 11 is 0. The molecular weight excluding hydrogens is 629 g/mol. The molecule has 0 saturated carbocycles. The first-order valence-electron chi connectivity index (χ1n) is 14.8. The second kappa shape index (κ2) is 17.1. The lowest BCUT2D eigenvalue weighted by atomic mass is 10.0. The summed E-state index contributed by atoms with van der Waals surface area (Å²) in [5, 5.41) is 9.24. The summed E-state index contributed by atoms with van der Waals surface area (Å²) in [6.07, 6.45) is 0.187. The zero-order valence-electron chi connectivity index (χ0n) is 25.1. The van der Waals surface area contributed by atoms with E-state index in [0.717, 1.165) is 11.1 Å². The molecule has 0 heterocycles. The average Bonchev–Trinajstić information content (AvgIpc) is 3.07. The first-order valence-corrected chi connectivity index (χ1v) is 18.8. The Bertz CT molecular complexity index is 1540. The first kappa shape index (κ1) is 35.0. The van der Waals surface area contributed by atoms with Gasteiger partial charge in [-0.3, -0.25) is 9.09 Å². The normalized spacial score (nSPS) is 16.2. The molecule has 8 nitrogen and oxygen atoms in total. The summed E-state index contributed by atoms with van der Waals surface area (Å²) in [5.74, 6) is 0. The summed E-state index contributed by atoms with van der Waals surface area (Å²) in [5.41, 5.74) is 1.21. The molecule has 0 aliphatic heterocycles. The highest BCUT2D eigenvalue weighted by molar-refractivity contribution is 7.69. The molecule has 0 radical (unpaired) electrons. The van der Waals surface area contributed by atoms with Gasteiger partial charge in [-0.05, 0) is 37.8 Å². The van der Waals surface area contributed by atoms with E-state index in [9.17, 15) is 23.7 Å². The van der Waals surface area contributed by atoms with Crippen LogP contribution in [0.3, 0.4) is 0 Å². The van der Waals surface area contributed by atoms with Crippen LogP contribution >= 0.6 is 23.7 Å². The van der Waals surface area contributed by atoms with Crippen LogP contribution < -0.4 is 0 Å². The third-order valence-electron chi connectivity index (χ3n) is 7.32. The first-order chi connectivity index (χ1) is 21.7. The molecule has 0 bridgehead atoms. The third kappa shape index (κ3) is 9.56. The topological polar surface area (TPSA) is 119 Å². The van der Waals surface area contributed by atoms with Crippen LogP contribution in [0.15, 0.2) is 121 Å². The molecule has 4 rings (SSSR count). The van der Waals surface area contributed by atoms with Crippen molar-refractivity contribution >= 4 is 23.7 Å². The largest absolute Gasteiger partial charge is 0.563 e. The minimum atomic E-state index is -5.31. The number of hydrogen-bond donors (Lipinski definition) is 2. The average molecular weight is 669 g/mol. The Hall–Kier alpha value is -2.89. The van der Waals surface area contributed by atoms with E-state index >= 15 is 0 Å². The fourth-order valence-electron chi connectivity index (χ4n) is 4.82. The van der Waals surface area contributed by atoms with Crippen molar-refractivity contribution in [3.05, 3.63) is 144 Å². The zero-order chi connectivity index (χ0) is 32.1.